The Morgan fingerprint density at radius 3 is 2.65 bits per heavy atom. The number of aliphatic hydroxyl groups excluding tert-OH is 3. The van der Waals surface area contributed by atoms with E-state index in [-0.39, 0.29) is 12.0 Å². The highest BCUT2D eigenvalue weighted by molar-refractivity contribution is 5.38. The minimum absolute atomic E-state index is 0.0284. The summed E-state index contributed by atoms with van der Waals surface area (Å²) in [5, 5.41) is 40.8. The third-order valence-corrected chi connectivity index (χ3v) is 8.45. The lowest BCUT2D eigenvalue weighted by molar-refractivity contribution is 0.00550. The van der Waals surface area contributed by atoms with E-state index in [4.69, 9.17) is 0 Å². The smallest absolute Gasteiger partial charge is 0.0811 e. The quantitative estimate of drug-likeness (QED) is 0.471. The molecule has 0 aromatic heterocycles. The van der Waals surface area contributed by atoms with E-state index in [0.717, 1.165) is 62.5 Å². The topological polar surface area (TPSA) is 80.9 Å². The fourth-order valence-electron chi connectivity index (χ4n) is 6.77. The van der Waals surface area contributed by atoms with Gasteiger partial charge in [-0.3, -0.25) is 0 Å². The summed E-state index contributed by atoms with van der Waals surface area (Å²) in [5.41, 5.74) is 2.47. The van der Waals surface area contributed by atoms with Gasteiger partial charge in [0.1, 0.15) is 0 Å². The predicted octanol–water partition coefficient (Wildman–Crippen LogP) is 4.68. The second-order valence-electron chi connectivity index (χ2n) is 11.2. The lowest BCUT2D eigenvalue weighted by Crippen LogP contribution is -2.41. The second kappa shape index (κ2) is 9.91. The molecule has 3 aliphatic carbocycles. The van der Waals surface area contributed by atoms with Crippen LogP contribution in [0.5, 0.6) is 0 Å². The maximum atomic E-state index is 10.6. The van der Waals surface area contributed by atoms with Crippen LogP contribution < -0.4 is 0 Å². The van der Waals surface area contributed by atoms with Gasteiger partial charge in [0, 0.05) is 18.4 Å². The average Bonchev–Trinajstić information content (AvgIpc) is 3.09. The van der Waals surface area contributed by atoms with Crippen LogP contribution in [0.4, 0.5) is 0 Å². The van der Waals surface area contributed by atoms with Gasteiger partial charge in [-0.2, -0.15) is 0 Å². The fraction of sp³-hybridized carbons (Fsp3) is 0.778. The van der Waals surface area contributed by atoms with Crippen LogP contribution in [-0.2, 0) is 0 Å². The van der Waals surface area contributed by atoms with E-state index in [2.05, 4.69) is 25.7 Å². The molecule has 3 fully saturated rings. The minimum Gasteiger partial charge on any atom is -0.396 e. The fourth-order valence-corrected chi connectivity index (χ4v) is 6.77. The normalized spacial score (nSPS) is 38.0. The van der Waals surface area contributed by atoms with E-state index in [1.165, 1.54) is 5.57 Å². The predicted molar refractivity (Wildman–Crippen MR) is 125 cm³/mol. The number of rotatable bonds is 7. The molecular formula is C27H44O4. The summed E-state index contributed by atoms with van der Waals surface area (Å²) >= 11 is 0. The van der Waals surface area contributed by atoms with Crippen LogP contribution in [0.3, 0.4) is 0 Å². The Balaban J connectivity index is 1.75. The molecule has 0 aromatic rings. The van der Waals surface area contributed by atoms with Crippen molar-refractivity contribution in [2.24, 2.45) is 23.2 Å². The summed E-state index contributed by atoms with van der Waals surface area (Å²) in [6, 6.07) is 0. The summed E-state index contributed by atoms with van der Waals surface area (Å²) in [4.78, 5) is 0. The van der Waals surface area contributed by atoms with Crippen LogP contribution in [0, 0.1) is 23.2 Å². The van der Waals surface area contributed by atoms with Crippen molar-refractivity contribution >= 4 is 0 Å². The first kappa shape index (κ1) is 24.7. The van der Waals surface area contributed by atoms with Crippen LogP contribution in [-0.4, -0.2) is 44.8 Å². The molecule has 0 spiro atoms. The summed E-state index contributed by atoms with van der Waals surface area (Å²) in [6.45, 7) is 10.4. The van der Waals surface area contributed by atoms with E-state index >= 15 is 0 Å². The molecule has 0 bridgehead atoms. The molecule has 4 N–H and O–H groups in total. The molecule has 0 heterocycles. The Labute approximate surface area is 188 Å². The number of aliphatic hydroxyl groups is 4. The van der Waals surface area contributed by atoms with E-state index in [1.807, 2.05) is 13.8 Å². The van der Waals surface area contributed by atoms with Gasteiger partial charge in [0.25, 0.3) is 0 Å². The summed E-state index contributed by atoms with van der Waals surface area (Å²) < 4.78 is 0. The van der Waals surface area contributed by atoms with Crippen molar-refractivity contribution in [1.82, 2.24) is 0 Å². The van der Waals surface area contributed by atoms with E-state index in [9.17, 15) is 20.4 Å². The van der Waals surface area contributed by atoms with E-state index < -0.39 is 17.8 Å². The number of allylic oxidation sites excluding steroid dienone is 3. The number of fused-ring (bicyclic) bond motifs is 1. The first-order chi connectivity index (χ1) is 14.6. The molecule has 6 atom stereocenters. The third kappa shape index (κ3) is 5.52. The highest BCUT2D eigenvalue weighted by Crippen LogP contribution is 2.60. The zero-order valence-electron chi connectivity index (χ0n) is 19.8. The molecule has 3 rings (SSSR count). The Hall–Kier alpha value is -0.940. The monoisotopic (exact) mass is 432 g/mol. The molecule has 3 unspecified atom stereocenters. The lowest BCUT2D eigenvalue weighted by Gasteiger charge is -2.46. The minimum atomic E-state index is -0.656. The van der Waals surface area contributed by atoms with Crippen LogP contribution in [0.15, 0.2) is 35.5 Å². The van der Waals surface area contributed by atoms with Crippen molar-refractivity contribution in [3.05, 3.63) is 35.5 Å². The molecule has 0 saturated heterocycles. The van der Waals surface area contributed by atoms with Crippen molar-refractivity contribution in [2.75, 3.05) is 6.61 Å². The zero-order valence-corrected chi connectivity index (χ0v) is 19.8. The Bertz CT molecular complexity index is 701. The molecule has 3 saturated carbocycles. The maximum Gasteiger partial charge on any atom is 0.0811 e. The van der Waals surface area contributed by atoms with Gasteiger partial charge in [0.2, 0.25) is 0 Å². The first-order valence-corrected chi connectivity index (χ1v) is 12.4. The summed E-state index contributed by atoms with van der Waals surface area (Å²) in [5.74, 6) is 1.48. The van der Waals surface area contributed by atoms with Gasteiger partial charge >= 0.3 is 0 Å². The summed E-state index contributed by atoms with van der Waals surface area (Å²) in [7, 11) is 0. The van der Waals surface area contributed by atoms with Gasteiger partial charge in [0.15, 0.2) is 0 Å². The van der Waals surface area contributed by atoms with E-state index in [1.54, 1.807) is 0 Å². The molecule has 31 heavy (non-hydrogen) atoms. The van der Waals surface area contributed by atoms with Gasteiger partial charge < -0.3 is 20.4 Å². The van der Waals surface area contributed by atoms with Crippen LogP contribution in [0.2, 0.25) is 0 Å². The molecule has 0 amide bonds. The van der Waals surface area contributed by atoms with Crippen LogP contribution in [0.25, 0.3) is 0 Å². The molecule has 4 heteroatoms. The summed E-state index contributed by atoms with van der Waals surface area (Å²) in [6.07, 6.45) is 12.5. The van der Waals surface area contributed by atoms with E-state index in [0.29, 0.717) is 30.6 Å². The first-order valence-electron chi connectivity index (χ1n) is 12.4. The Morgan fingerprint density at radius 2 is 1.97 bits per heavy atom. The maximum absolute atomic E-state index is 10.6. The van der Waals surface area contributed by atoms with Crippen LogP contribution >= 0.6 is 0 Å². The highest BCUT2D eigenvalue weighted by Gasteiger charge is 2.53. The molecule has 0 aliphatic heterocycles. The van der Waals surface area contributed by atoms with Crippen molar-refractivity contribution in [3.8, 4) is 0 Å². The Kier molecular flexibility index (Phi) is 7.89. The molecule has 3 aliphatic rings. The third-order valence-electron chi connectivity index (χ3n) is 8.45. The number of hydrogen-bond donors (Lipinski definition) is 4. The standard InChI is InChI=1S/C27H44O4/c1-18(7-5-13-26(3,4)31)23-11-12-24-20(8-6-14-27(23,24)17-28)9-10-21-15-22(29)16-25(30)19(21)2/h9-10,18,22-25,28-31H,2,5-8,11-17H2,1,3-4H3/b20-9+,21-10-/t18?,22?,23-,24?,25+,27+/m1/s1. The zero-order chi connectivity index (χ0) is 22.8. The van der Waals surface area contributed by atoms with Gasteiger partial charge in [0.05, 0.1) is 17.8 Å². The van der Waals surface area contributed by atoms with Crippen molar-refractivity contribution < 1.29 is 20.4 Å². The molecule has 176 valence electrons. The molecule has 4 nitrogen and oxygen atoms in total. The molecule has 0 radical (unpaired) electrons. The van der Waals surface area contributed by atoms with Crippen molar-refractivity contribution in [3.63, 3.8) is 0 Å². The van der Waals surface area contributed by atoms with Gasteiger partial charge in [-0.1, -0.05) is 44.1 Å². The molecular weight excluding hydrogens is 388 g/mol. The SMILES string of the molecule is C=C1/C(=C\C=C2/CCC[C@@]3(CO)C2CC[C@@H]3C(C)CCCC(C)(C)O)CC(O)C[C@@H]1O. The largest absolute Gasteiger partial charge is 0.396 e. The lowest BCUT2D eigenvalue weighted by atomic mass is 9.60. The average molecular weight is 433 g/mol. The molecule has 0 aromatic carbocycles. The highest BCUT2D eigenvalue weighted by atomic mass is 16.3. The van der Waals surface area contributed by atoms with Crippen LogP contribution in [0.1, 0.15) is 85.0 Å². The van der Waals surface area contributed by atoms with Crippen molar-refractivity contribution in [2.45, 2.75) is 103 Å². The van der Waals surface area contributed by atoms with Crippen molar-refractivity contribution in [1.29, 1.82) is 0 Å². The van der Waals surface area contributed by atoms with Gasteiger partial charge in [-0.05, 0) is 87.7 Å². The van der Waals surface area contributed by atoms with Gasteiger partial charge in [-0.15, -0.1) is 0 Å². The number of hydrogen-bond acceptors (Lipinski definition) is 4. The second-order valence-corrected chi connectivity index (χ2v) is 11.2. The van der Waals surface area contributed by atoms with Gasteiger partial charge in [-0.25, -0.2) is 0 Å². The Morgan fingerprint density at radius 1 is 1.23 bits per heavy atom.